The van der Waals surface area contributed by atoms with Gasteiger partial charge in [-0.2, -0.15) is 0 Å². The third-order valence-electron chi connectivity index (χ3n) is 4.95. The van der Waals surface area contributed by atoms with Gasteiger partial charge in [0.15, 0.2) is 11.5 Å². The Morgan fingerprint density at radius 2 is 1.79 bits per heavy atom. The van der Waals surface area contributed by atoms with Crippen molar-refractivity contribution in [3.05, 3.63) is 53.2 Å². The van der Waals surface area contributed by atoms with Crippen molar-refractivity contribution >= 4 is 45.4 Å². The number of fused-ring (bicyclic) bond motifs is 1. The van der Waals surface area contributed by atoms with Crippen LogP contribution >= 0.6 is 23.8 Å². The van der Waals surface area contributed by atoms with E-state index in [4.69, 9.17) is 42.8 Å². The number of thiocarbonyl (C=S) groups is 1. The van der Waals surface area contributed by atoms with Gasteiger partial charge in [-0.1, -0.05) is 29.9 Å². The van der Waals surface area contributed by atoms with E-state index in [2.05, 4.69) is 4.98 Å². The maximum absolute atomic E-state index is 12.0. The number of pyridine rings is 1. The third-order valence-corrected chi connectivity index (χ3v) is 5.53. The molecule has 0 bridgehead atoms. The van der Waals surface area contributed by atoms with E-state index in [0.29, 0.717) is 64.5 Å². The lowest BCUT2D eigenvalue weighted by Crippen LogP contribution is -2.11. The van der Waals surface area contributed by atoms with Crippen LogP contribution in [0.1, 0.15) is 25.3 Å². The molecule has 3 rings (SSSR count). The Labute approximate surface area is 203 Å². The van der Waals surface area contributed by atoms with E-state index in [-0.39, 0.29) is 12.2 Å². The molecule has 0 unspecified atom stereocenters. The lowest BCUT2D eigenvalue weighted by molar-refractivity contribution is -0.118. The minimum Gasteiger partial charge on any atom is -0.493 e. The molecule has 0 radical (unpaired) electrons. The van der Waals surface area contributed by atoms with Crippen molar-refractivity contribution in [2.45, 2.75) is 26.2 Å². The van der Waals surface area contributed by atoms with Gasteiger partial charge < -0.3 is 18.9 Å². The number of nitrogens with zero attached hydrogens (tertiary/aromatic N) is 1. The van der Waals surface area contributed by atoms with Crippen LogP contribution in [0.4, 0.5) is 0 Å². The molecule has 174 valence electrons. The number of ether oxygens (including phenoxy) is 4. The molecule has 0 aliphatic heterocycles. The number of aromatic nitrogens is 1. The van der Waals surface area contributed by atoms with Gasteiger partial charge in [-0.05, 0) is 36.8 Å². The third kappa shape index (κ3) is 6.63. The van der Waals surface area contributed by atoms with Gasteiger partial charge in [-0.15, -0.1) is 0 Å². The summed E-state index contributed by atoms with van der Waals surface area (Å²) in [6.07, 6.45) is 2.78. The molecule has 0 aliphatic rings. The van der Waals surface area contributed by atoms with Crippen LogP contribution < -0.4 is 14.2 Å². The molecule has 2 aromatic carbocycles. The lowest BCUT2D eigenvalue weighted by atomic mass is 10.1. The zero-order valence-electron chi connectivity index (χ0n) is 18.9. The number of halogens is 1. The molecule has 8 heteroatoms. The quantitative estimate of drug-likeness (QED) is 0.229. The van der Waals surface area contributed by atoms with Crippen LogP contribution in [0.25, 0.3) is 10.9 Å². The summed E-state index contributed by atoms with van der Waals surface area (Å²) >= 11 is 11.9. The van der Waals surface area contributed by atoms with E-state index in [1.165, 1.54) is 0 Å². The Balaban J connectivity index is 1.72. The van der Waals surface area contributed by atoms with Crippen LogP contribution in [-0.4, -0.2) is 43.1 Å². The minimum atomic E-state index is 0.0797. The van der Waals surface area contributed by atoms with E-state index in [1.54, 1.807) is 44.7 Å². The first kappa shape index (κ1) is 24.9. The molecule has 6 nitrogen and oxygen atoms in total. The molecule has 1 heterocycles. The summed E-state index contributed by atoms with van der Waals surface area (Å²) in [5.74, 6) is 2.33. The zero-order chi connectivity index (χ0) is 23.8. The highest BCUT2D eigenvalue weighted by molar-refractivity contribution is 7.80. The Morgan fingerprint density at radius 3 is 2.48 bits per heavy atom. The Bertz CT molecular complexity index is 1150. The highest BCUT2D eigenvalue weighted by atomic mass is 35.5. The largest absolute Gasteiger partial charge is 0.493 e. The maximum atomic E-state index is 12.0. The molecular weight excluding hydrogens is 462 g/mol. The molecule has 0 fully saturated rings. The number of hydrogen-bond acceptors (Lipinski definition) is 7. The Kier molecular flexibility index (Phi) is 9.00. The molecular formula is C25H26ClNO5S. The van der Waals surface area contributed by atoms with Crippen molar-refractivity contribution in [3.63, 3.8) is 0 Å². The first-order valence-corrected chi connectivity index (χ1v) is 11.3. The van der Waals surface area contributed by atoms with Gasteiger partial charge in [0.1, 0.15) is 17.3 Å². The molecule has 0 atom stereocenters. The maximum Gasteiger partial charge on any atom is 0.162 e. The second-order valence-electron chi connectivity index (χ2n) is 7.28. The second-order valence-corrected chi connectivity index (χ2v) is 8.26. The molecule has 0 N–H and O–H groups in total. The van der Waals surface area contributed by atoms with Gasteiger partial charge >= 0.3 is 0 Å². The molecule has 33 heavy (non-hydrogen) atoms. The first-order chi connectivity index (χ1) is 15.9. The van der Waals surface area contributed by atoms with E-state index in [0.717, 1.165) is 10.9 Å². The van der Waals surface area contributed by atoms with Crippen molar-refractivity contribution < 1.29 is 23.7 Å². The summed E-state index contributed by atoms with van der Waals surface area (Å²) in [7, 11) is 3.15. The van der Waals surface area contributed by atoms with Gasteiger partial charge in [-0.3, -0.25) is 9.78 Å². The van der Waals surface area contributed by atoms with Gasteiger partial charge in [0.2, 0.25) is 0 Å². The molecule has 0 saturated carbocycles. The smallest absolute Gasteiger partial charge is 0.162 e. The Morgan fingerprint density at radius 1 is 1.03 bits per heavy atom. The summed E-state index contributed by atoms with van der Waals surface area (Å²) in [6, 6.07) is 10.9. The lowest BCUT2D eigenvalue weighted by Gasteiger charge is -2.13. The van der Waals surface area contributed by atoms with Crippen molar-refractivity contribution in [2.24, 2.45) is 0 Å². The van der Waals surface area contributed by atoms with Crippen LogP contribution in [0.5, 0.6) is 23.0 Å². The van der Waals surface area contributed by atoms with Crippen molar-refractivity contribution in [1.29, 1.82) is 0 Å². The fourth-order valence-electron chi connectivity index (χ4n) is 3.32. The highest BCUT2D eigenvalue weighted by Gasteiger charge is 2.14. The number of carbonyl (C=O) groups excluding carboxylic acids is 1. The number of hydrogen-bond donors (Lipinski definition) is 0. The number of Topliss-reactive ketones (excluding diaryl/α,β-unsaturated/α-hetero) is 1. The number of carbonyl (C=O) groups is 1. The predicted molar refractivity (Wildman–Crippen MR) is 133 cm³/mol. The molecule has 0 saturated heterocycles. The van der Waals surface area contributed by atoms with E-state index >= 15 is 0 Å². The number of rotatable bonds is 12. The fourth-order valence-corrected chi connectivity index (χ4v) is 3.89. The highest BCUT2D eigenvalue weighted by Crippen LogP contribution is 2.38. The average molecular weight is 488 g/mol. The van der Waals surface area contributed by atoms with Crippen LogP contribution in [0.15, 0.2) is 42.6 Å². The van der Waals surface area contributed by atoms with E-state index < -0.39 is 0 Å². The van der Waals surface area contributed by atoms with Gasteiger partial charge in [-0.25, -0.2) is 0 Å². The van der Waals surface area contributed by atoms with Crippen LogP contribution in [0, 0.1) is 0 Å². The van der Waals surface area contributed by atoms with Crippen molar-refractivity contribution in [1.82, 2.24) is 4.98 Å². The topological polar surface area (TPSA) is 66.9 Å². The molecule has 0 spiro atoms. The normalized spacial score (nSPS) is 10.8. The fraction of sp³-hybridized carbons (Fsp3) is 0.320. The Hall–Kier alpha value is -2.74. The number of benzene rings is 2. The summed E-state index contributed by atoms with van der Waals surface area (Å²) in [5.41, 5.74) is 1.62. The first-order valence-electron chi connectivity index (χ1n) is 10.5. The second kappa shape index (κ2) is 11.9. The van der Waals surface area contributed by atoms with Gasteiger partial charge in [0.05, 0.1) is 31.4 Å². The van der Waals surface area contributed by atoms with Gasteiger partial charge in [0, 0.05) is 48.4 Å². The van der Waals surface area contributed by atoms with Crippen molar-refractivity contribution in [2.75, 3.05) is 27.4 Å². The summed E-state index contributed by atoms with van der Waals surface area (Å²) in [5, 5.41) is 1.21. The average Bonchev–Trinajstić information content (AvgIpc) is 2.80. The standard InChI is InChI=1S/C25H26ClNO5S/c1-4-31-10-8-17(28)13-18(33)11-16-5-6-23(20(26)12-16)32-22-7-9-27-21-15-25(30-3)24(29-2)14-19(21)22/h5-7,9,12,14-15H,4,8,10-11,13H2,1-3H3. The van der Waals surface area contributed by atoms with E-state index in [9.17, 15) is 4.79 Å². The monoisotopic (exact) mass is 487 g/mol. The van der Waals surface area contributed by atoms with E-state index in [1.807, 2.05) is 19.1 Å². The van der Waals surface area contributed by atoms with Gasteiger partial charge in [0.25, 0.3) is 0 Å². The summed E-state index contributed by atoms with van der Waals surface area (Å²) in [4.78, 5) is 17.1. The minimum absolute atomic E-state index is 0.0797. The molecule has 1 aromatic heterocycles. The molecule has 0 aliphatic carbocycles. The SMILES string of the molecule is CCOCCC(=O)CC(=S)Cc1ccc(Oc2ccnc3cc(OC)c(OC)cc23)c(Cl)c1. The summed E-state index contributed by atoms with van der Waals surface area (Å²) < 4.78 is 22.1. The number of ketones is 1. The van der Waals surface area contributed by atoms with Crippen LogP contribution in [0.2, 0.25) is 5.02 Å². The molecule has 0 amide bonds. The predicted octanol–water partition coefficient (Wildman–Crippen LogP) is 6.00. The summed E-state index contributed by atoms with van der Waals surface area (Å²) in [6.45, 7) is 2.93. The zero-order valence-corrected chi connectivity index (χ0v) is 20.4. The van der Waals surface area contributed by atoms with Crippen LogP contribution in [0.3, 0.4) is 0 Å². The number of methoxy groups -OCH3 is 2. The molecule has 3 aromatic rings. The van der Waals surface area contributed by atoms with Crippen LogP contribution in [-0.2, 0) is 16.0 Å². The van der Waals surface area contributed by atoms with Crippen molar-refractivity contribution in [3.8, 4) is 23.0 Å².